The Morgan fingerprint density at radius 1 is 1.27 bits per heavy atom. The van der Waals surface area contributed by atoms with Crippen LogP contribution in [0.4, 0.5) is 0 Å². The van der Waals surface area contributed by atoms with Gasteiger partial charge >= 0.3 is 13.6 Å². The summed E-state index contributed by atoms with van der Waals surface area (Å²) in [5.74, 6) is -1.90. The number of carboxylic acids is 1. The Balaban J connectivity index is 5.54. The summed E-state index contributed by atoms with van der Waals surface area (Å²) >= 11 is 0. The molecule has 5 nitrogen and oxygen atoms in total. The van der Waals surface area contributed by atoms with Gasteiger partial charge < -0.3 is 14.9 Å². The molecular weight excluding hydrogens is 219 g/mol. The zero-order chi connectivity index (χ0) is 12.3. The molecule has 15 heavy (non-hydrogen) atoms. The Kier molecular flexibility index (Phi) is 4.97. The lowest BCUT2D eigenvalue weighted by atomic mass is 9.85. The molecule has 0 saturated carbocycles. The van der Waals surface area contributed by atoms with Gasteiger partial charge in [0.05, 0.1) is 0 Å². The average Bonchev–Trinajstić information content (AvgIpc) is 2.10. The minimum Gasteiger partial charge on any atom is -0.480 e. The smallest absolute Gasteiger partial charge is 0.343 e. The first-order valence-electron chi connectivity index (χ1n) is 5.06. The lowest BCUT2D eigenvalue weighted by Gasteiger charge is -2.35. The summed E-state index contributed by atoms with van der Waals surface area (Å²) in [7, 11) is -4.65. The minimum atomic E-state index is -4.65. The van der Waals surface area contributed by atoms with E-state index in [1.165, 1.54) is 6.92 Å². The number of hydrogen-bond donors (Lipinski definition) is 3. The van der Waals surface area contributed by atoms with Crippen molar-refractivity contribution in [2.45, 2.75) is 45.2 Å². The SMILES string of the molecule is CCC(CC)[C@](CC)(C(=O)O)P(=O)(O)O. The van der Waals surface area contributed by atoms with Gasteiger partial charge in [-0.15, -0.1) is 0 Å². The predicted octanol–water partition coefficient (Wildman–Crippen LogP) is 1.83. The number of hydrogen-bond acceptors (Lipinski definition) is 2. The Morgan fingerprint density at radius 3 is 1.73 bits per heavy atom. The maximum Gasteiger partial charge on any atom is 0.343 e. The fourth-order valence-corrected chi connectivity index (χ4v) is 3.65. The number of carboxylic acid groups (broad SMARTS) is 1. The van der Waals surface area contributed by atoms with Crippen LogP contribution in [0.5, 0.6) is 0 Å². The van der Waals surface area contributed by atoms with E-state index >= 15 is 0 Å². The molecule has 0 rings (SSSR count). The van der Waals surface area contributed by atoms with Crippen molar-refractivity contribution in [3.8, 4) is 0 Å². The van der Waals surface area contributed by atoms with E-state index in [4.69, 9.17) is 5.11 Å². The maximum absolute atomic E-state index is 11.4. The first-order chi connectivity index (χ1) is 6.77. The molecule has 0 aliphatic heterocycles. The monoisotopic (exact) mass is 238 g/mol. The molecule has 0 aliphatic rings. The number of rotatable bonds is 6. The first-order valence-corrected chi connectivity index (χ1v) is 6.68. The summed E-state index contributed by atoms with van der Waals surface area (Å²) in [6.07, 6.45) is 0.836. The number of carbonyl (C=O) groups is 1. The van der Waals surface area contributed by atoms with Gasteiger partial charge in [-0.25, -0.2) is 0 Å². The van der Waals surface area contributed by atoms with Gasteiger partial charge in [0.15, 0.2) is 5.16 Å². The van der Waals surface area contributed by atoms with Gasteiger partial charge in [-0.2, -0.15) is 0 Å². The molecule has 0 aromatic carbocycles. The van der Waals surface area contributed by atoms with Crippen molar-refractivity contribution in [2.24, 2.45) is 5.92 Å². The average molecular weight is 238 g/mol. The fourth-order valence-electron chi connectivity index (χ4n) is 2.15. The highest BCUT2D eigenvalue weighted by atomic mass is 31.2. The van der Waals surface area contributed by atoms with Crippen molar-refractivity contribution in [1.82, 2.24) is 0 Å². The molecule has 90 valence electrons. The van der Waals surface area contributed by atoms with Gasteiger partial charge in [-0.3, -0.25) is 9.36 Å². The highest BCUT2D eigenvalue weighted by Gasteiger charge is 2.56. The summed E-state index contributed by atoms with van der Waals surface area (Å²) in [5.41, 5.74) is 0. The molecule has 0 aromatic rings. The Hall–Kier alpha value is -0.380. The van der Waals surface area contributed by atoms with E-state index in [1.54, 1.807) is 13.8 Å². The highest BCUT2D eigenvalue weighted by molar-refractivity contribution is 7.54. The van der Waals surface area contributed by atoms with Crippen LogP contribution in [-0.2, 0) is 9.36 Å². The summed E-state index contributed by atoms with van der Waals surface area (Å²) in [5, 5.41) is 7.18. The van der Waals surface area contributed by atoms with Crippen molar-refractivity contribution < 1.29 is 24.3 Å². The van der Waals surface area contributed by atoms with E-state index in [0.717, 1.165) is 0 Å². The van der Waals surface area contributed by atoms with Gasteiger partial charge in [0, 0.05) is 0 Å². The fraction of sp³-hybridized carbons (Fsp3) is 0.889. The molecule has 6 heteroatoms. The zero-order valence-electron chi connectivity index (χ0n) is 9.30. The summed E-state index contributed by atoms with van der Waals surface area (Å²) < 4.78 is 11.4. The van der Waals surface area contributed by atoms with E-state index in [2.05, 4.69) is 0 Å². The van der Waals surface area contributed by atoms with Gasteiger partial charge in [0.1, 0.15) is 0 Å². The second-order valence-corrected chi connectivity index (χ2v) is 5.53. The van der Waals surface area contributed by atoms with Crippen molar-refractivity contribution in [3.63, 3.8) is 0 Å². The van der Waals surface area contributed by atoms with Crippen LogP contribution < -0.4 is 0 Å². The minimum absolute atomic E-state index is 0.0566. The molecular formula is C9H19O5P. The predicted molar refractivity (Wildman–Crippen MR) is 56.8 cm³/mol. The lowest BCUT2D eigenvalue weighted by Crippen LogP contribution is -2.44. The topological polar surface area (TPSA) is 94.8 Å². The van der Waals surface area contributed by atoms with Crippen LogP contribution in [0.2, 0.25) is 0 Å². The Labute approximate surface area is 89.7 Å². The second kappa shape index (κ2) is 5.10. The molecule has 0 bridgehead atoms. The van der Waals surface area contributed by atoms with E-state index in [1.807, 2.05) is 0 Å². The van der Waals surface area contributed by atoms with Gasteiger partial charge in [0.2, 0.25) is 0 Å². The van der Waals surface area contributed by atoms with Crippen LogP contribution in [0.3, 0.4) is 0 Å². The van der Waals surface area contributed by atoms with Crippen molar-refractivity contribution in [3.05, 3.63) is 0 Å². The van der Waals surface area contributed by atoms with E-state index in [0.29, 0.717) is 12.8 Å². The van der Waals surface area contributed by atoms with Crippen LogP contribution in [0.15, 0.2) is 0 Å². The quantitative estimate of drug-likeness (QED) is 0.613. The third-order valence-corrected chi connectivity index (χ3v) is 5.00. The molecule has 0 aliphatic carbocycles. The zero-order valence-corrected chi connectivity index (χ0v) is 10.2. The summed E-state index contributed by atoms with van der Waals surface area (Å²) in [4.78, 5) is 29.7. The molecule has 0 saturated heterocycles. The lowest BCUT2D eigenvalue weighted by molar-refractivity contribution is -0.142. The molecule has 1 atom stereocenters. The van der Waals surface area contributed by atoms with Crippen LogP contribution in [0.1, 0.15) is 40.0 Å². The second-order valence-electron chi connectivity index (χ2n) is 3.64. The molecule has 0 spiro atoms. The molecule has 0 aromatic heterocycles. The normalized spacial score (nSPS) is 16.4. The Morgan fingerprint density at radius 2 is 1.67 bits per heavy atom. The molecule has 0 heterocycles. The Bertz CT molecular complexity index is 268. The van der Waals surface area contributed by atoms with Crippen LogP contribution >= 0.6 is 7.60 Å². The van der Waals surface area contributed by atoms with Gasteiger partial charge in [-0.1, -0.05) is 33.6 Å². The standard InChI is InChI=1S/C9H19O5P/c1-4-7(5-2)9(6-3,8(10)11)15(12,13)14/h7H,4-6H2,1-3H3,(H,10,11)(H2,12,13,14)/t9-/m1/s1. The van der Waals surface area contributed by atoms with Crippen LogP contribution in [0, 0.1) is 5.92 Å². The van der Waals surface area contributed by atoms with E-state index in [9.17, 15) is 19.1 Å². The van der Waals surface area contributed by atoms with Crippen LogP contribution in [0.25, 0.3) is 0 Å². The van der Waals surface area contributed by atoms with E-state index < -0.39 is 24.6 Å². The van der Waals surface area contributed by atoms with E-state index in [-0.39, 0.29) is 6.42 Å². The van der Waals surface area contributed by atoms with Crippen molar-refractivity contribution in [1.29, 1.82) is 0 Å². The largest absolute Gasteiger partial charge is 0.480 e. The van der Waals surface area contributed by atoms with Gasteiger partial charge in [-0.05, 0) is 12.3 Å². The third-order valence-electron chi connectivity index (χ3n) is 3.09. The maximum atomic E-state index is 11.4. The molecule has 0 fully saturated rings. The third kappa shape index (κ3) is 2.41. The highest BCUT2D eigenvalue weighted by Crippen LogP contribution is 2.58. The van der Waals surface area contributed by atoms with Crippen molar-refractivity contribution >= 4 is 13.6 Å². The summed E-state index contributed by atoms with van der Waals surface area (Å²) in [6.45, 7) is 5.00. The molecule has 3 N–H and O–H groups in total. The molecule has 0 unspecified atom stereocenters. The van der Waals surface area contributed by atoms with Crippen molar-refractivity contribution in [2.75, 3.05) is 0 Å². The van der Waals surface area contributed by atoms with Crippen LogP contribution in [-0.4, -0.2) is 26.0 Å². The molecule has 0 radical (unpaired) electrons. The first kappa shape index (κ1) is 14.6. The summed E-state index contributed by atoms with van der Waals surface area (Å²) in [6, 6.07) is 0. The number of aliphatic carboxylic acids is 1. The molecule has 0 amide bonds. The van der Waals surface area contributed by atoms with Gasteiger partial charge in [0.25, 0.3) is 0 Å².